The first kappa shape index (κ1) is 35.0. The van der Waals surface area contributed by atoms with Gasteiger partial charge in [0, 0.05) is 44.3 Å². The molecule has 0 unspecified atom stereocenters. The zero-order valence-electron chi connectivity index (χ0n) is 33.5. The summed E-state index contributed by atoms with van der Waals surface area (Å²) in [7, 11) is 0. The second kappa shape index (κ2) is 13.9. The van der Waals surface area contributed by atoms with E-state index in [0.29, 0.717) is 29.3 Å². The number of aromatic nitrogens is 6. The quantitative estimate of drug-likeness (QED) is 0.165. The van der Waals surface area contributed by atoms with Gasteiger partial charge in [0.05, 0.1) is 11.0 Å². The Morgan fingerprint density at radius 1 is 0.317 bits per heavy atom. The van der Waals surface area contributed by atoms with Crippen molar-refractivity contribution in [2.75, 3.05) is 0 Å². The van der Waals surface area contributed by atoms with Gasteiger partial charge in [-0.2, -0.15) is 0 Å². The zero-order chi connectivity index (χ0) is 41.4. The normalized spacial score (nSPS) is 11.8. The number of para-hydroxylation sites is 6. The fraction of sp³-hybridized carbons (Fsp3) is 0. The van der Waals surface area contributed by atoms with E-state index in [4.69, 9.17) is 33.8 Å². The third-order valence-electron chi connectivity index (χ3n) is 11.9. The molecular weight excluding hydrogens is 777 g/mol. The van der Waals surface area contributed by atoms with E-state index >= 15 is 0 Å². The Morgan fingerprint density at radius 2 is 0.746 bits per heavy atom. The van der Waals surface area contributed by atoms with Crippen LogP contribution in [-0.2, 0) is 0 Å². The molecule has 294 valence electrons. The topological polar surface area (TPSA) is 95.7 Å². The predicted octanol–water partition coefficient (Wildman–Crippen LogP) is 13.9. The molecule has 8 nitrogen and oxygen atoms in total. The summed E-state index contributed by atoms with van der Waals surface area (Å²) in [4.78, 5) is 25.2. The van der Waals surface area contributed by atoms with E-state index in [-0.39, 0.29) is 0 Å². The van der Waals surface area contributed by atoms with Crippen LogP contribution in [0.4, 0.5) is 0 Å². The van der Waals surface area contributed by atoms with Crippen LogP contribution in [0.3, 0.4) is 0 Å². The molecule has 0 aliphatic rings. The van der Waals surface area contributed by atoms with Gasteiger partial charge in [0.25, 0.3) is 0 Å². The summed E-state index contributed by atoms with van der Waals surface area (Å²) in [6.07, 6.45) is 0. The molecule has 63 heavy (non-hydrogen) atoms. The highest BCUT2D eigenvalue weighted by Crippen LogP contribution is 2.36. The molecule has 0 N–H and O–H groups in total. The van der Waals surface area contributed by atoms with Gasteiger partial charge in [-0.05, 0) is 106 Å². The van der Waals surface area contributed by atoms with Crippen LogP contribution in [0.2, 0.25) is 0 Å². The summed E-state index contributed by atoms with van der Waals surface area (Å²) in [6.45, 7) is 0. The molecule has 4 heterocycles. The Balaban J connectivity index is 0.968. The molecule has 4 aromatic heterocycles. The first-order valence-corrected chi connectivity index (χ1v) is 20.8. The minimum atomic E-state index is 0.562. The number of hydrogen-bond acceptors (Lipinski definition) is 7. The summed E-state index contributed by atoms with van der Waals surface area (Å²) in [5, 5.41) is 6.60. The third-order valence-corrected chi connectivity index (χ3v) is 11.9. The summed E-state index contributed by atoms with van der Waals surface area (Å²) in [5.74, 6) is 2.84. The Hall–Kier alpha value is -8.75. The SMILES string of the molecule is c1cc(-c2nc(-c3ccc4ccc(-c5nc6ccccc6o5)cc4c3)nc(-c3ccc4ccc(-c5nc6ccccc6o5)cc4c3)n2)cc(-n2c3ccccc3c3ccccc32)c1. The van der Waals surface area contributed by atoms with E-state index < -0.39 is 0 Å². The van der Waals surface area contributed by atoms with Gasteiger partial charge in [0.2, 0.25) is 11.8 Å². The zero-order valence-corrected chi connectivity index (χ0v) is 33.5. The van der Waals surface area contributed by atoms with Gasteiger partial charge in [0.1, 0.15) is 11.0 Å². The molecule has 0 radical (unpaired) electrons. The molecule has 0 saturated heterocycles. The fourth-order valence-electron chi connectivity index (χ4n) is 8.78. The lowest BCUT2D eigenvalue weighted by atomic mass is 10.0. The van der Waals surface area contributed by atoms with Crippen molar-refractivity contribution >= 4 is 65.6 Å². The number of hydrogen-bond donors (Lipinski definition) is 0. The van der Waals surface area contributed by atoms with Gasteiger partial charge in [-0.25, -0.2) is 24.9 Å². The van der Waals surface area contributed by atoms with Crippen molar-refractivity contribution in [2.45, 2.75) is 0 Å². The van der Waals surface area contributed by atoms with E-state index in [1.54, 1.807) is 0 Å². The van der Waals surface area contributed by atoms with Crippen LogP contribution in [0, 0.1) is 0 Å². The van der Waals surface area contributed by atoms with E-state index in [9.17, 15) is 0 Å². The minimum absolute atomic E-state index is 0.562. The second-order valence-corrected chi connectivity index (χ2v) is 15.8. The molecule has 0 saturated carbocycles. The Labute approximate surface area is 359 Å². The van der Waals surface area contributed by atoms with Crippen LogP contribution in [0.15, 0.2) is 203 Å². The fourth-order valence-corrected chi connectivity index (χ4v) is 8.78. The number of rotatable bonds is 6. The number of benzene rings is 9. The van der Waals surface area contributed by atoms with E-state index in [1.165, 1.54) is 10.8 Å². The first-order valence-electron chi connectivity index (χ1n) is 20.8. The van der Waals surface area contributed by atoms with Crippen molar-refractivity contribution in [3.8, 4) is 62.8 Å². The van der Waals surface area contributed by atoms with Crippen LogP contribution < -0.4 is 0 Å². The molecule has 0 aliphatic carbocycles. The molecule has 13 rings (SSSR count). The average Bonchev–Trinajstić information content (AvgIpc) is 4.08. The average molecular weight is 809 g/mol. The Kier molecular flexibility index (Phi) is 7.74. The summed E-state index contributed by atoms with van der Waals surface area (Å²) < 4.78 is 14.6. The minimum Gasteiger partial charge on any atom is -0.436 e. The van der Waals surface area contributed by atoms with E-state index in [2.05, 4.69) is 138 Å². The van der Waals surface area contributed by atoms with Gasteiger partial charge in [-0.15, -0.1) is 0 Å². The largest absolute Gasteiger partial charge is 0.436 e. The molecule has 9 aromatic carbocycles. The lowest BCUT2D eigenvalue weighted by Gasteiger charge is -2.12. The molecule has 8 heteroatoms. The van der Waals surface area contributed by atoms with Gasteiger partial charge in [-0.1, -0.05) is 109 Å². The van der Waals surface area contributed by atoms with Crippen molar-refractivity contribution in [2.24, 2.45) is 0 Å². The molecule has 0 amide bonds. The van der Waals surface area contributed by atoms with Crippen molar-refractivity contribution in [3.63, 3.8) is 0 Å². The molecule has 0 aliphatic heterocycles. The monoisotopic (exact) mass is 808 g/mol. The smallest absolute Gasteiger partial charge is 0.227 e. The highest BCUT2D eigenvalue weighted by atomic mass is 16.4. The van der Waals surface area contributed by atoms with Crippen LogP contribution >= 0.6 is 0 Å². The molecule has 13 aromatic rings. The van der Waals surface area contributed by atoms with Crippen LogP contribution in [-0.4, -0.2) is 29.5 Å². The molecule has 0 bridgehead atoms. The van der Waals surface area contributed by atoms with E-state index in [0.717, 1.165) is 88.3 Å². The van der Waals surface area contributed by atoms with Crippen molar-refractivity contribution < 1.29 is 8.83 Å². The van der Waals surface area contributed by atoms with Crippen LogP contribution in [0.25, 0.3) is 128 Å². The number of oxazole rings is 2. The van der Waals surface area contributed by atoms with Gasteiger partial charge >= 0.3 is 0 Å². The van der Waals surface area contributed by atoms with Crippen molar-refractivity contribution in [1.82, 2.24) is 29.5 Å². The van der Waals surface area contributed by atoms with Gasteiger partial charge in [0.15, 0.2) is 28.6 Å². The Morgan fingerprint density at radius 3 is 1.25 bits per heavy atom. The predicted molar refractivity (Wildman–Crippen MR) is 251 cm³/mol. The Bertz CT molecular complexity index is 3660. The number of fused-ring (bicyclic) bond motifs is 7. The molecule has 0 atom stereocenters. The highest BCUT2D eigenvalue weighted by molar-refractivity contribution is 6.09. The maximum atomic E-state index is 6.15. The molecule has 0 spiro atoms. The van der Waals surface area contributed by atoms with Crippen LogP contribution in [0.1, 0.15) is 0 Å². The lowest BCUT2D eigenvalue weighted by Crippen LogP contribution is -2.01. The summed E-state index contributed by atoms with van der Waals surface area (Å²) in [5.41, 5.74) is 10.8. The third kappa shape index (κ3) is 5.96. The lowest BCUT2D eigenvalue weighted by molar-refractivity contribution is 0.619. The first-order chi connectivity index (χ1) is 31.1. The maximum absolute atomic E-state index is 6.15. The van der Waals surface area contributed by atoms with Crippen molar-refractivity contribution in [3.05, 3.63) is 194 Å². The van der Waals surface area contributed by atoms with Gasteiger partial charge < -0.3 is 13.4 Å². The summed E-state index contributed by atoms with van der Waals surface area (Å²) >= 11 is 0. The van der Waals surface area contributed by atoms with Crippen LogP contribution in [0.5, 0.6) is 0 Å². The molecule has 0 fully saturated rings. The maximum Gasteiger partial charge on any atom is 0.227 e. The standard InChI is InChI=1S/C55H32N6O2/c1-5-16-47-43(12-1)44-13-2-6-17-48(44)61(47)42-11-9-10-35(32-42)51-58-52(36-24-20-33-22-26-38(30-40(33)28-36)54-56-45-14-3-7-18-49(45)62-54)60-53(59-51)37-25-21-34-23-27-39(31-41(34)29-37)55-57-46-15-4-8-19-50(46)63-55/h1-32H. The highest BCUT2D eigenvalue weighted by Gasteiger charge is 2.18. The number of nitrogens with zero attached hydrogens (tertiary/aromatic N) is 6. The van der Waals surface area contributed by atoms with E-state index in [1.807, 2.05) is 60.7 Å². The summed E-state index contributed by atoms with van der Waals surface area (Å²) in [6, 6.07) is 66.3. The molecular formula is C55H32N6O2. The van der Waals surface area contributed by atoms with Crippen molar-refractivity contribution in [1.29, 1.82) is 0 Å². The second-order valence-electron chi connectivity index (χ2n) is 15.8. The van der Waals surface area contributed by atoms with Gasteiger partial charge in [-0.3, -0.25) is 0 Å².